The Bertz CT molecular complexity index is 640. The van der Waals surface area contributed by atoms with Gasteiger partial charge < -0.3 is 10.7 Å². The average molecular weight is 465 g/mol. The fraction of sp³-hybridized carbons (Fsp3) is 0. The number of anilines is 2. The van der Waals surface area contributed by atoms with E-state index in [1.54, 1.807) is 12.3 Å². The number of nitrogens with zero attached hydrogens (tertiary/aromatic N) is 1. The van der Waals surface area contributed by atoms with Crippen molar-refractivity contribution in [2.45, 2.75) is 0 Å². The molecule has 0 atom stereocenters. The first-order valence-corrected chi connectivity index (χ1v) is 7.77. The molecule has 5 nitrogen and oxygen atoms in total. The molecule has 0 spiro atoms. The fourth-order valence-electron chi connectivity index (χ4n) is 1.54. The molecule has 1 aromatic carbocycles. The van der Waals surface area contributed by atoms with Crippen LogP contribution in [0.25, 0.3) is 0 Å². The predicted molar refractivity (Wildman–Crippen MR) is 89.5 cm³/mol. The second kappa shape index (κ2) is 6.66. The maximum absolute atomic E-state index is 12.3. The summed E-state index contributed by atoms with van der Waals surface area (Å²) in [6.07, 6.45) is 3.00. The van der Waals surface area contributed by atoms with Gasteiger partial charge in [-0.05, 0) is 50.1 Å². The van der Waals surface area contributed by atoms with E-state index in [0.29, 0.717) is 16.9 Å². The number of pyridine rings is 1. The van der Waals surface area contributed by atoms with E-state index in [9.17, 15) is 4.79 Å². The number of hydrogen-bond acceptors (Lipinski definition) is 4. The Morgan fingerprint density at radius 3 is 2.45 bits per heavy atom. The smallest absolute Gasteiger partial charge is 0.259 e. The van der Waals surface area contributed by atoms with Crippen molar-refractivity contribution in [1.82, 2.24) is 4.98 Å². The van der Waals surface area contributed by atoms with Crippen molar-refractivity contribution in [3.63, 3.8) is 0 Å². The standard InChI is InChI=1S/C12H9Br3N4O/c13-6-3-8(14)11(9(15)4-6)18-12(20)7-5-17-2-1-10(7)19-16/h1-5H,16H2,(H,17,19)(H,18,20). The number of halogens is 3. The summed E-state index contributed by atoms with van der Waals surface area (Å²) in [5.74, 6) is 5.07. The number of carbonyl (C=O) groups excluding carboxylic acids is 1. The van der Waals surface area contributed by atoms with E-state index in [1.807, 2.05) is 12.1 Å². The number of nitrogen functional groups attached to an aromatic ring is 1. The number of nitrogens with two attached hydrogens (primary N) is 1. The number of hydrogen-bond donors (Lipinski definition) is 3. The van der Waals surface area contributed by atoms with E-state index in [-0.39, 0.29) is 5.91 Å². The highest BCUT2D eigenvalue weighted by molar-refractivity contribution is 9.11. The highest BCUT2D eigenvalue weighted by atomic mass is 79.9. The zero-order chi connectivity index (χ0) is 14.7. The van der Waals surface area contributed by atoms with Crippen LogP contribution in [-0.4, -0.2) is 10.9 Å². The SMILES string of the molecule is NNc1ccncc1C(=O)Nc1c(Br)cc(Br)cc1Br. The van der Waals surface area contributed by atoms with Gasteiger partial charge in [-0.2, -0.15) is 0 Å². The highest BCUT2D eigenvalue weighted by Crippen LogP contribution is 2.34. The topological polar surface area (TPSA) is 80.0 Å². The van der Waals surface area contributed by atoms with Crippen LogP contribution in [-0.2, 0) is 0 Å². The van der Waals surface area contributed by atoms with Crippen molar-refractivity contribution in [3.8, 4) is 0 Å². The molecular weight excluding hydrogens is 456 g/mol. The highest BCUT2D eigenvalue weighted by Gasteiger charge is 2.15. The van der Waals surface area contributed by atoms with Crippen molar-refractivity contribution < 1.29 is 4.79 Å². The third kappa shape index (κ3) is 3.38. The van der Waals surface area contributed by atoms with Crippen LogP contribution < -0.4 is 16.6 Å². The van der Waals surface area contributed by atoms with Gasteiger partial charge in [-0.1, -0.05) is 15.9 Å². The Kier molecular flexibility index (Phi) is 5.14. The summed E-state index contributed by atoms with van der Waals surface area (Å²) in [5, 5.41) is 2.81. The predicted octanol–water partition coefficient (Wildman–Crippen LogP) is 3.91. The van der Waals surface area contributed by atoms with Crippen LogP contribution in [0.3, 0.4) is 0 Å². The minimum absolute atomic E-state index is 0.310. The van der Waals surface area contributed by atoms with Gasteiger partial charge in [0.15, 0.2) is 0 Å². The lowest BCUT2D eigenvalue weighted by Gasteiger charge is -2.12. The zero-order valence-electron chi connectivity index (χ0n) is 9.95. The summed E-state index contributed by atoms with van der Waals surface area (Å²) in [6, 6.07) is 5.30. The summed E-state index contributed by atoms with van der Waals surface area (Å²) in [7, 11) is 0. The van der Waals surface area contributed by atoms with E-state index in [4.69, 9.17) is 5.84 Å². The van der Waals surface area contributed by atoms with E-state index in [0.717, 1.165) is 13.4 Å². The number of carbonyl (C=O) groups is 1. The fourth-order valence-corrected chi connectivity index (χ4v) is 4.00. The van der Waals surface area contributed by atoms with Gasteiger partial charge in [0.25, 0.3) is 5.91 Å². The summed E-state index contributed by atoms with van der Waals surface area (Å²) in [6.45, 7) is 0. The quantitative estimate of drug-likeness (QED) is 0.475. The molecule has 20 heavy (non-hydrogen) atoms. The maximum Gasteiger partial charge on any atom is 0.259 e. The molecule has 2 aromatic rings. The molecule has 0 aliphatic rings. The molecule has 1 amide bonds. The first kappa shape index (κ1) is 15.4. The Hall–Kier alpha value is -0.960. The molecule has 0 radical (unpaired) electrons. The van der Waals surface area contributed by atoms with Crippen molar-refractivity contribution in [2.75, 3.05) is 10.7 Å². The van der Waals surface area contributed by atoms with Gasteiger partial charge in [0, 0.05) is 25.8 Å². The molecule has 2 rings (SSSR count). The van der Waals surface area contributed by atoms with Crippen molar-refractivity contribution in [3.05, 3.63) is 49.6 Å². The van der Waals surface area contributed by atoms with E-state index >= 15 is 0 Å². The van der Waals surface area contributed by atoms with Crippen molar-refractivity contribution in [1.29, 1.82) is 0 Å². The van der Waals surface area contributed by atoms with Gasteiger partial charge >= 0.3 is 0 Å². The minimum Gasteiger partial charge on any atom is -0.323 e. The lowest BCUT2D eigenvalue weighted by Crippen LogP contribution is -2.18. The molecule has 0 bridgehead atoms. The third-order valence-corrected chi connectivity index (χ3v) is 4.18. The summed E-state index contributed by atoms with van der Waals surface area (Å²) >= 11 is 10.2. The van der Waals surface area contributed by atoms with Crippen LogP contribution in [0.15, 0.2) is 44.0 Å². The summed E-state index contributed by atoms with van der Waals surface area (Å²) in [5.41, 5.74) is 3.96. The molecule has 0 fully saturated rings. The van der Waals surface area contributed by atoms with E-state index < -0.39 is 0 Å². The van der Waals surface area contributed by atoms with Crippen LogP contribution in [0, 0.1) is 0 Å². The van der Waals surface area contributed by atoms with Gasteiger partial charge in [-0.3, -0.25) is 15.6 Å². The van der Waals surface area contributed by atoms with Crippen LogP contribution in [0.2, 0.25) is 0 Å². The first-order chi connectivity index (χ1) is 9.52. The summed E-state index contributed by atoms with van der Waals surface area (Å²) in [4.78, 5) is 16.2. The number of amides is 1. The molecule has 1 heterocycles. The second-order valence-corrected chi connectivity index (χ2v) is 6.39. The Balaban J connectivity index is 2.33. The van der Waals surface area contributed by atoms with E-state index in [2.05, 4.69) is 63.5 Å². The van der Waals surface area contributed by atoms with Crippen LogP contribution in [0.4, 0.5) is 11.4 Å². The largest absolute Gasteiger partial charge is 0.323 e. The number of aromatic nitrogens is 1. The number of benzene rings is 1. The summed E-state index contributed by atoms with van der Waals surface area (Å²) < 4.78 is 2.39. The molecule has 8 heteroatoms. The Labute approximate surface area is 140 Å². The minimum atomic E-state index is -0.310. The lowest BCUT2D eigenvalue weighted by molar-refractivity contribution is 0.102. The van der Waals surface area contributed by atoms with Crippen LogP contribution >= 0.6 is 47.8 Å². The van der Waals surface area contributed by atoms with Crippen LogP contribution in [0.5, 0.6) is 0 Å². The molecule has 1 aromatic heterocycles. The van der Waals surface area contributed by atoms with Crippen molar-refractivity contribution >= 4 is 65.1 Å². The van der Waals surface area contributed by atoms with Crippen molar-refractivity contribution in [2.24, 2.45) is 5.84 Å². The molecule has 0 aliphatic carbocycles. The normalized spacial score (nSPS) is 10.2. The van der Waals surface area contributed by atoms with Gasteiger partial charge in [-0.25, -0.2) is 0 Å². The average Bonchev–Trinajstić information content (AvgIpc) is 2.42. The monoisotopic (exact) mass is 462 g/mol. The van der Waals surface area contributed by atoms with Gasteiger partial charge in [0.1, 0.15) is 0 Å². The molecule has 0 saturated carbocycles. The van der Waals surface area contributed by atoms with E-state index in [1.165, 1.54) is 6.20 Å². The lowest BCUT2D eigenvalue weighted by atomic mass is 10.2. The number of rotatable bonds is 3. The number of hydrazine groups is 1. The molecule has 0 unspecified atom stereocenters. The molecule has 0 aliphatic heterocycles. The molecule has 104 valence electrons. The van der Waals surface area contributed by atoms with Gasteiger partial charge in [0.2, 0.25) is 0 Å². The number of nitrogens with one attached hydrogen (secondary N) is 2. The first-order valence-electron chi connectivity index (χ1n) is 5.39. The third-order valence-electron chi connectivity index (χ3n) is 2.47. The molecule has 4 N–H and O–H groups in total. The second-order valence-electron chi connectivity index (χ2n) is 3.76. The Morgan fingerprint density at radius 2 is 1.85 bits per heavy atom. The van der Waals surface area contributed by atoms with Gasteiger partial charge in [0.05, 0.1) is 16.9 Å². The van der Waals surface area contributed by atoms with Crippen LogP contribution in [0.1, 0.15) is 10.4 Å². The zero-order valence-corrected chi connectivity index (χ0v) is 14.7. The van der Waals surface area contributed by atoms with Gasteiger partial charge in [-0.15, -0.1) is 0 Å². The Morgan fingerprint density at radius 1 is 1.20 bits per heavy atom. The maximum atomic E-state index is 12.3. The molecular formula is C12H9Br3N4O. The molecule has 0 saturated heterocycles.